The molecule has 1 amide bonds. The summed E-state index contributed by atoms with van der Waals surface area (Å²) in [6.07, 6.45) is 4.96. The second-order valence-corrected chi connectivity index (χ2v) is 5.96. The second-order valence-electron chi connectivity index (χ2n) is 5.96. The van der Waals surface area contributed by atoms with E-state index >= 15 is 0 Å². The number of hydrogen-bond acceptors (Lipinski definition) is 6. The summed E-state index contributed by atoms with van der Waals surface area (Å²) in [5, 5.41) is 6.04. The van der Waals surface area contributed by atoms with Crippen molar-refractivity contribution in [1.29, 1.82) is 0 Å². The molecule has 7 heteroatoms. The van der Waals surface area contributed by atoms with E-state index in [0.717, 1.165) is 17.0 Å². The maximum absolute atomic E-state index is 12.2. The standard InChI is InChI=1S/C20H18N4O3/c25-20(23-12-14-2-1-7-21-11-14)15-3-6-19(22-13-15)24-16-4-5-17-18(10-16)27-9-8-26-17/h1-7,10-11,13H,8-9,12H2,(H,22,24)(H,23,25). The molecule has 0 spiro atoms. The Morgan fingerprint density at radius 1 is 1.04 bits per heavy atom. The Bertz CT molecular complexity index is 930. The van der Waals surface area contributed by atoms with E-state index in [1.165, 1.54) is 0 Å². The van der Waals surface area contributed by atoms with Gasteiger partial charge in [-0.3, -0.25) is 9.78 Å². The van der Waals surface area contributed by atoms with Crippen LogP contribution in [0.1, 0.15) is 15.9 Å². The van der Waals surface area contributed by atoms with Crippen LogP contribution in [-0.4, -0.2) is 29.1 Å². The fourth-order valence-electron chi connectivity index (χ4n) is 2.66. The smallest absolute Gasteiger partial charge is 0.253 e. The minimum atomic E-state index is -0.183. The zero-order chi connectivity index (χ0) is 18.5. The number of aromatic nitrogens is 2. The van der Waals surface area contributed by atoms with Gasteiger partial charge in [-0.05, 0) is 35.9 Å². The lowest BCUT2D eigenvalue weighted by molar-refractivity contribution is 0.0950. The van der Waals surface area contributed by atoms with E-state index in [1.54, 1.807) is 30.7 Å². The molecule has 0 aliphatic carbocycles. The first-order chi connectivity index (χ1) is 13.3. The predicted molar refractivity (Wildman–Crippen MR) is 100 cm³/mol. The van der Waals surface area contributed by atoms with Crippen LogP contribution < -0.4 is 20.1 Å². The summed E-state index contributed by atoms with van der Waals surface area (Å²) in [6.45, 7) is 1.52. The maximum Gasteiger partial charge on any atom is 0.253 e. The largest absolute Gasteiger partial charge is 0.486 e. The minimum absolute atomic E-state index is 0.183. The van der Waals surface area contributed by atoms with Crippen LogP contribution in [0.15, 0.2) is 61.1 Å². The maximum atomic E-state index is 12.2. The van der Waals surface area contributed by atoms with E-state index in [0.29, 0.717) is 36.9 Å². The Hall–Kier alpha value is -3.61. The molecule has 27 heavy (non-hydrogen) atoms. The van der Waals surface area contributed by atoms with Gasteiger partial charge in [0.05, 0.1) is 5.56 Å². The highest BCUT2D eigenvalue weighted by Gasteiger charge is 2.12. The molecule has 0 bridgehead atoms. The molecule has 1 aromatic carbocycles. The van der Waals surface area contributed by atoms with Crippen molar-refractivity contribution in [1.82, 2.24) is 15.3 Å². The van der Waals surface area contributed by atoms with Gasteiger partial charge in [0.1, 0.15) is 19.0 Å². The van der Waals surface area contributed by atoms with Crippen molar-refractivity contribution in [2.75, 3.05) is 18.5 Å². The number of carbonyl (C=O) groups excluding carboxylic acids is 1. The van der Waals surface area contributed by atoms with E-state index in [4.69, 9.17) is 9.47 Å². The average Bonchev–Trinajstić information content (AvgIpc) is 2.73. The molecule has 0 radical (unpaired) electrons. The third-order valence-electron chi connectivity index (χ3n) is 4.02. The number of benzene rings is 1. The first-order valence-electron chi connectivity index (χ1n) is 8.58. The zero-order valence-electron chi connectivity index (χ0n) is 14.5. The summed E-state index contributed by atoms with van der Waals surface area (Å²) in [6, 6.07) is 12.8. The number of carbonyl (C=O) groups is 1. The average molecular weight is 362 g/mol. The molecule has 2 N–H and O–H groups in total. The summed E-state index contributed by atoms with van der Waals surface area (Å²) < 4.78 is 11.1. The number of nitrogens with one attached hydrogen (secondary N) is 2. The second kappa shape index (κ2) is 7.74. The van der Waals surface area contributed by atoms with Gasteiger partial charge in [0, 0.05) is 36.9 Å². The number of amides is 1. The molecule has 1 aliphatic rings. The Labute approximate surface area is 156 Å². The van der Waals surface area contributed by atoms with E-state index in [-0.39, 0.29) is 5.91 Å². The van der Waals surface area contributed by atoms with Gasteiger partial charge < -0.3 is 20.1 Å². The van der Waals surface area contributed by atoms with Crippen molar-refractivity contribution in [3.05, 3.63) is 72.2 Å². The fraction of sp³-hybridized carbons (Fsp3) is 0.150. The molecular formula is C20H18N4O3. The van der Waals surface area contributed by atoms with Gasteiger partial charge in [0.25, 0.3) is 5.91 Å². The Morgan fingerprint density at radius 2 is 1.93 bits per heavy atom. The lowest BCUT2D eigenvalue weighted by Crippen LogP contribution is -2.22. The quantitative estimate of drug-likeness (QED) is 0.726. The molecule has 136 valence electrons. The van der Waals surface area contributed by atoms with Gasteiger partial charge in [0.2, 0.25) is 0 Å². The highest BCUT2D eigenvalue weighted by atomic mass is 16.6. The van der Waals surface area contributed by atoms with Gasteiger partial charge in [-0.15, -0.1) is 0 Å². The number of ether oxygens (including phenoxy) is 2. The SMILES string of the molecule is O=C(NCc1cccnc1)c1ccc(Nc2ccc3c(c2)OCCO3)nc1. The lowest BCUT2D eigenvalue weighted by Gasteiger charge is -2.19. The van der Waals surface area contributed by atoms with E-state index < -0.39 is 0 Å². The molecule has 1 aliphatic heterocycles. The van der Waals surface area contributed by atoms with Crippen LogP contribution in [0.2, 0.25) is 0 Å². The molecule has 4 rings (SSSR count). The number of pyridine rings is 2. The van der Waals surface area contributed by atoms with E-state index in [9.17, 15) is 4.79 Å². The highest BCUT2D eigenvalue weighted by molar-refractivity contribution is 5.94. The predicted octanol–water partition coefficient (Wildman–Crippen LogP) is 2.92. The zero-order valence-corrected chi connectivity index (χ0v) is 14.5. The normalized spacial score (nSPS) is 12.3. The van der Waals surface area contributed by atoms with Gasteiger partial charge in [-0.1, -0.05) is 6.07 Å². The fourth-order valence-corrected chi connectivity index (χ4v) is 2.66. The first kappa shape index (κ1) is 16.8. The third-order valence-corrected chi connectivity index (χ3v) is 4.02. The van der Waals surface area contributed by atoms with Crippen LogP contribution in [0, 0.1) is 0 Å². The molecular weight excluding hydrogens is 344 g/mol. The lowest BCUT2D eigenvalue weighted by atomic mass is 10.2. The van der Waals surface area contributed by atoms with Crippen LogP contribution in [0.5, 0.6) is 11.5 Å². The topological polar surface area (TPSA) is 85.4 Å². The summed E-state index contributed by atoms with van der Waals surface area (Å²) >= 11 is 0. The van der Waals surface area contributed by atoms with Gasteiger partial charge in [0.15, 0.2) is 11.5 Å². The Morgan fingerprint density at radius 3 is 2.70 bits per heavy atom. The summed E-state index contributed by atoms with van der Waals surface area (Å²) in [5.41, 5.74) is 2.27. The van der Waals surface area contributed by atoms with Crippen molar-refractivity contribution < 1.29 is 14.3 Å². The highest BCUT2D eigenvalue weighted by Crippen LogP contribution is 2.33. The van der Waals surface area contributed by atoms with Crippen LogP contribution in [0.4, 0.5) is 11.5 Å². The molecule has 0 saturated heterocycles. The molecule has 0 atom stereocenters. The molecule has 3 aromatic rings. The van der Waals surface area contributed by atoms with Crippen LogP contribution >= 0.6 is 0 Å². The van der Waals surface area contributed by atoms with Crippen molar-refractivity contribution >= 4 is 17.4 Å². The third kappa shape index (κ3) is 4.14. The van der Waals surface area contributed by atoms with E-state index in [2.05, 4.69) is 20.6 Å². The van der Waals surface area contributed by atoms with Crippen molar-refractivity contribution in [2.24, 2.45) is 0 Å². The van der Waals surface area contributed by atoms with Crippen LogP contribution in [-0.2, 0) is 6.54 Å². The number of hydrogen-bond donors (Lipinski definition) is 2. The molecule has 3 heterocycles. The summed E-state index contributed by atoms with van der Waals surface area (Å²) in [4.78, 5) is 20.6. The first-order valence-corrected chi connectivity index (χ1v) is 8.58. The number of rotatable bonds is 5. The van der Waals surface area contributed by atoms with Crippen molar-refractivity contribution in [3.8, 4) is 11.5 Å². The molecule has 0 saturated carbocycles. The summed E-state index contributed by atoms with van der Waals surface area (Å²) in [7, 11) is 0. The molecule has 0 fully saturated rings. The summed E-state index contributed by atoms with van der Waals surface area (Å²) in [5.74, 6) is 1.89. The molecule has 2 aromatic heterocycles. The van der Waals surface area contributed by atoms with Gasteiger partial charge in [-0.2, -0.15) is 0 Å². The molecule has 0 unspecified atom stereocenters. The number of fused-ring (bicyclic) bond motifs is 1. The Balaban J connectivity index is 1.38. The number of nitrogens with zero attached hydrogens (tertiary/aromatic N) is 2. The van der Waals surface area contributed by atoms with Gasteiger partial charge >= 0.3 is 0 Å². The van der Waals surface area contributed by atoms with Gasteiger partial charge in [-0.25, -0.2) is 4.98 Å². The van der Waals surface area contributed by atoms with Crippen molar-refractivity contribution in [2.45, 2.75) is 6.54 Å². The minimum Gasteiger partial charge on any atom is -0.486 e. The van der Waals surface area contributed by atoms with Crippen LogP contribution in [0.25, 0.3) is 0 Å². The van der Waals surface area contributed by atoms with Crippen LogP contribution in [0.3, 0.4) is 0 Å². The Kier molecular flexibility index (Phi) is 4.82. The molecule has 7 nitrogen and oxygen atoms in total. The van der Waals surface area contributed by atoms with E-state index in [1.807, 2.05) is 30.3 Å². The monoisotopic (exact) mass is 362 g/mol. The van der Waals surface area contributed by atoms with Crippen molar-refractivity contribution in [3.63, 3.8) is 0 Å². The number of anilines is 2.